The van der Waals surface area contributed by atoms with Crippen molar-refractivity contribution in [2.45, 2.75) is 13.0 Å². The molecule has 1 aliphatic rings. The van der Waals surface area contributed by atoms with E-state index in [9.17, 15) is 5.11 Å². The van der Waals surface area contributed by atoms with Crippen molar-refractivity contribution in [2.75, 3.05) is 6.61 Å². The number of aromatic hydroxyl groups is 1. The number of ether oxygens (including phenoxy) is 1. The molecule has 2 aromatic rings. The first-order valence-corrected chi connectivity index (χ1v) is 4.75. The molecule has 0 radical (unpaired) electrons. The molecule has 3 heteroatoms. The Morgan fingerprint density at radius 3 is 3.21 bits per heavy atom. The molecule has 0 saturated carbocycles. The second-order valence-corrected chi connectivity index (χ2v) is 3.61. The maximum Gasteiger partial charge on any atom is 0.116 e. The van der Waals surface area contributed by atoms with Crippen LogP contribution >= 0.6 is 0 Å². The molecule has 1 aromatic heterocycles. The van der Waals surface area contributed by atoms with Crippen molar-refractivity contribution >= 4 is 10.9 Å². The standard InChI is InChI=1S/C11H11NO2/c13-7-1-2-10-8(5-7)9-6-14-4-3-11(9)12-10/h1-2,5,12-13H,3-4,6H2. The summed E-state index contributed by atoms with van der Waals surface area (Å²) in [6.07, 6.45) is 0.935. The molecule has 0 saturated heterocycles. The highest BCUT2D eigenvalue weighted by atomic mass is 16.5. The van der Waals surface area contributed by atoms with E-state index in [-0.39, 0.29) is 0 Å². The van der Waals surface area contributed by atoms with Crippen molar-refractivity contribution in [3.63, 3.8) is 0 Å². The predicted molar refractivity (Wildman–Crippen MR) is 53.3 cm³/mol. The molecule has 0 fully saturated rings. The Morgan fingerprint density at radius 1 is 1.36 bits per heavy atom. The maximum absolute atomic E-state index is 9.40. The molecule has 1 aliphatic heterocycles. The SMILES string of the molecule is Oc1ccc2[nH]c3c(c2c1)COCC3. The topological polar surface area (TPSA) is 45.2 Å². The molecule has 0 aliphatic carbocycles. The van der Waals surface area contributed by atoms with Gasteiger partial charge in [0.25, 0.3) is 0 Å². The van der Waals surface area contributed by atoms with E-state index in [4.69, 9.17) is 4.74 Å². The fourth-order valence-corrected chi connectivity index (χ4v) is 2.02. The van der Waals surface area contributed by atoms with Gasteiger partial charge in [-0.15, -0.1) is 0 Å². The highest BCUT2D eigenvalue weighted by Crippen LogP contribution is 2.28. The van der Waals surface area contributed by atoms with Crippen molar-refractivity contribution in [2.24, 2.45) is 0 Å². The lowest BCUT2D eigenvalue weighted by molar-refractivity contribution is 0.111. The largest absolute Gasteiger partial charge is 0.508 e. The molecule has 0 amide bonds. The van der Waals surface area contributed by atoms with Gasteiger partial charge in [0, 0.05) is 28.6 Å². The molecule has 0 spiro atoms. The van der Waals surface area contributed by atoms with Gasteiger partial charge in [-0.3, -0.25) is 0 Å². The molecule has 2 heterocycles. The van der Waals surface area contributed by atoms with E-state index in [0.717, 1.165) is 23.9 Å². The Hall–Kier alpha value is -1.48. The molecule has 3 rings (SSSR count). The van der Waals surface area contributed by atoms with Crippen LogP contribution in [0.25, 0.3) is 10.9 Å². The molecule has 0 atom stereocenters. The fraction of sp³-hybridized carbons (Fsp3) is 0.273. The van der Waals surface area contributed by atoms with Gasteiger partial charge in [-0.1, -0.05) is 0 Å². The molecular formula is C11H11NO2. The summed E-state index contributed by atoms with van der Waals surface area (Å²) < 4.78 is 5.40. The molecule has 3 nitrogen and oxygen atoms in total. The van der Waals surface area contributed by atoms with Gasteiger partial charge in [-0.25, -0.2) is 0 Å². The third kappa shape index (κ3) is 1.02. The molecular weight excluding hydrogens is 178 g/mol. The van der Waals surface area contributed by atoms with Gasteiger partial charge in [0.15, 0.2) is 0 Å². The molecule has 0 bridgehead atoms. The normalized spacial score (nSPS) is 15.7. The van der Waals surface area contributed by atoms with Crippen molar-refractivity contribution < 1.29 is 9.84 Å². The number of rotatable bonds is 0. The average molecular weight is 189 g/mol. The van der Waals surface area contributed by atoms with Crippen LogP contribution in [0.3, 0.4) is 0 Å². The van der Waals surface area contributed by atoms with E-state index >= 15 is 0 Å². The summed E-state index contributed by atoms with van der Waals surface area (Å²) in [5.74, 6) is 0.310. The van der Waals surface area contributed by atoms with Gasteiger partial charge < -0.3 is 14.8 Å². The third-order valence-corrected chi connectivity index (χ3v) is 2.72. The Balaban J connectivity index is 2.32. The first-order valence-electron chi connectivity index (χ1n) is 4.75. The van der Waals surface area contributed by atoms with Crippen LogP contribution < -0.4 is 0 Å². The minimum Gasteiger partial charge on any atom is -0.508 e. The van der Waals surface area contributed by atoms with E-state index in [0.29, 0.717) is 12.4 Å². The number of fused-ring (bicyclic) bond motifs is 3. The predicted octanol–water partition coefficient (Wildman–Crippen LogP) is 1.95. The van der Waals surface area contributed by atoms with Crippen LogP contribution in [0.4, 0.5) is 0 Å². The van der Waals surface area contributed by atoms with Gasteiger partial charge in [0.05, 0.1) is 13.2 Å². The van der Waals surface area contributed by atoms with Crippen molar-refractivity contribution in [3.05, 3.63) is 29.5 Å². The van der Waals surface area contributed by atoms with Crippen LogP contribution in [0.5, 0.6) is 5.75 Å². The summed E-state index contributed by atoms with van der Waals surface area (Å²) in [6, 6.07) is 5.40. The summed E-state index contributed by atoms with van der Waals surface area (Å²) in [7, 11) is 0. The number of aromatic amines is 1. The molecule has 2 N–H and O–H groups in total. The summed E-state index contributed by atoms with van der Waals surface area (Å²) >= 11 is 0. The van der Waals surface area contributed by atoms with E-state index in [1.54, 1.807) is 12.1 Å². The van der Waals surface area contributed by atoms with Gasteiger partial charge >= 0.3 is 0 Å². The highest BCUT2D eigenvalue weighted by Gasteiger charge is 2.15. The molecule has 72 valence electrons. The van der Waals surface area contributed by atoms with Crippen LogP contribution in [0.15, 0.2) is 18.2 Å². The zero-order chi connectivity index (χ0) is 9.54. The van der Waals surface area contributed by atoms with Crippen LogP contribution in [-0.2, 0) is 17.8 Å². The second-order valence-electron chi connectivity index (χ2n) is 3.61. The first-order chi connectivity index (χ1) is 6.84. The lowest BCUT2D eigenvalue weighted by Gasteiger charge is -2.11. The Kier molecular flexibility index (Phi) is 1.55. The lowest BCUT2D eigenvalue weighted by atomic mass is 10.1. The van der Waals surface area contributed by atoms with Crippen molar-refractivity contribution in [1.29, 1.82) is 0 Å². The van der Waals surface area contributed by atoms with E-state index < -0.39 is 0 Å². The quantitative estimate of drug-likeness (QED) is 0.665. The number of nitrogens with one attached hydrogen (secondary N) is 1. The highest BCUT2D eigenvalue weighted by molar-refractivity contribution is 5.86. The van der Waals surface area contributed by atoms with Crippen molar-refractivity contribution in [3.8, 4) is 5.75 Å². The number of benzene rings is 1. The zero-order valence-electron chi connectivity index (χ0n) is 7.71. The number of aromatic nitrogens is 1. The average Bonchev–Trinajstić information content (AvgIpc) is 2.56. The molecule has 14 heavy (non-hydrogen) atoms. The smallest absolute Gasteiger partial charge is 0.116 e. The minimum absolute atomic E-state index is 0.310. The van der Waals surface area contributed by atoms with Crippen LogP contribution in [0.1, 0.15) is 11.3 Å². The Morgan fingerprint density at radius 2 is 2.29 bits per heavy atom. The number of H-pyrrole nitrogens is 1. The first kappa shape index (κ1) is 7.88. The minimum atomic E-state index is 0.310. The summed E-state index contributed by atoms with van der Waals surface area (Å²) in [6.45, 7) is 1.44. The number of hydrogen-bond donors (Lipinski definition) is 2. The Labute approximate surface area is 81.3 Å². The number of phenols is 1. The summed E-state index contributed by atoms with van der Waals surface area (Å²) in [5.41, 5.74) is 3.53. The van der Waals surface area contributed by atoms with Gasteiger partial charge in [-0.2, -0.15) is 0 Å². The third-order valence-electron chi connectivity index (χ3n) is 2.72. The van der Waals surface area contributed by atoms with Crippen molar-refractivity contribution in [1.82, 2.24) is 4.98 Å². The van der Waals surface area contributed by atoms with Gasteiger partial charge in [0.2, 0.25) is 0 Å². The van der Waals surface area contributed by atoms with Gasteiger partial charge in [-0.05, 0) is 18.2 Å². The van der Waals surface area contributed by atoms with Crippen LogP contribution in [0, 0.1) is 0 Å². The van der Waals surface area contributed by atoms with Crippen LogP contribution in [-0.4, -0.2) is 16.7 Å². The molecule has 0 unspecified atom stereocenters. The summed E-state index contributed by atoms with van der Waals surface area (Å²) in [5, 5.41) is 10.5. The zero-order valence-corrected chi connectivity index (χ0v) is 7.71. The monoisotopic (exact) mass is 189 g/mol. The number of phenolic OH excluding ortho intramolecular Hbond substituents is 1. The van der Waals surface area contributed by atoms with Gasteiger partial charge in [0.1, 0.15) is 5.75 Å². The van der Waals surface area contributed by atoms with E-state index in [1.807, 2.05) is 6.07 Å². The fourth-order valence-electron chi connectivity index (χ4n) is 2.02. The van der Waals surface area contributed by atoms with Crippen LogP contribution in [0.2, 0.25) is 0 Å². The number of hydrogen-bond acceptors (Lipinski definition) is 2. The Bertz CT molecular complexity index is 487. The van der Waals surface area contributed by atoms with E-state index in [2.05, 4.69) is 4.98 Å². The molecule has 1 aromatic carbocycles. The van der Waals surface area contributed by atoms with E-state index in [1.165, 1.54) is 11.3 Å². The second kappa shape index (κ2) is 2.75. The lowest BCUT2D eigenvalue weighted by Crippen LogP contribution is -2.08. The maximum atomic E-state index is 9.40. The summed E-state index contributed by atoms with van der Waals surface area (Å²) in [4.78, 5) is 3.35.